The van der Waals surface area contributed by atoms with Gasteiger partial charge in [-0.3, -0.25) is 0 Å². The summed E-state index contributed by atoms with van der Waals surface area (Å²) in [5.41, 5.74) is 2.17. The van der Waals surface area contributed by atoms with Crippen LogP contribution < -0.4 is 4.72 Å². The minimum Gasteiger partial charge on any atom is -0.360 e. The molecule has 0 aliphatic carbocycles. The molecule has 0 aliphatic heterocycles. The van der Waals surface area contributed by atoms with Crippen molar-refractivity contribution in [3.8, 4) is 11.4 Å². The third-order valence-electron chi connectivity index (χ3n) is 3.39. The van der Waals surface area contributed by atoms with E-state index in [1.807, 2.05) is 31.2 Å². The van der Waals surface area contributed by atoms with Crippen LogP contribution in [0.5, 0.6) is 0 Å². The minimum atomic E-state index is -3.77. The van der Waals surface area contributed by atoms with Gasteiger partial charge in [0.25, 0.3) is 0 Å². The third kappa shape index (κ3) is 3.22. The molecule has 3 aromatic rings. The lowest BCUT2D eigenvalue weighted by atomic mass is 10.1. The molecule has 0 amide bonds. The average molecular weight is 348 g/mol. The van der Waals surface area contributed by atoms with Gasteiger partial charge in [0.15, 0.2) is 5.76 Å². The smallest absolute Gasteiger partial charge is 0.246 e. The summed E-state index contributed by atoms with van der Waals surface area (Å²) >= 11 is 0. The van der Waals surface area contributed by atoms with Crippen molar-refractivity contribution in [2.45, 2.75) is 32.2 Å². The van der Waals surface area contributed by atoms with Crippen molar-refractivity contribution in [1.29, 1.82) is 0 Å². The number of hydrogen-bond donors (Lipinski definition) is 1. The molecular formula is C15H16N4O4S. The minimum absolute atomic E-state index is 0.0286. The fourth-order valence-corrected chi connectivity index (χ4v) is 3.61. The van der Waals surface area contributed by atoms with Crippen LogP contribution >= 0.6 is 0 Å². The Bertz CT molecular complexity index is 956. The van der Waals surface area contributed by atoms with E-state index in [4.69, 9.17) is 9.05 Å². The van der Waals surface area contributed by atoms with Gasteiger partial charge in [0.1, 0.15) is 10.6 Å². The van der Waals surface area contributed by atoms with Gasteiger partial charge in [0.05, 0.1) is 6.54 Å². The van der Waals surface area contributed by atoms with Crippen LogP contribution in [-0.2, 0) is 16.6 Å². The zero-order valence-electron chi connectivity index (χ0n) is 13.4. The molecule has 0 fully saturated rings. The number of rotatable bonds is 5. The SMILES string of the molecule is Cc1cccc(-c2noc(CNS(=O)(=O)c3c(C)noc3C)n2)c1. The lowest BCUT2D eigenvalue weighted by molar-refractivity contribution is 0.375. The number of nitrogens with one attached hydrogen (secondary N) is 1. The van der Waals surface area contributed by atoms with Crippen molar-refractivity contribution in [2.24, 2.45) is 0 Å². The number of nitrogens with zero attached hydrogens (tertiary/aromatic N) is 3. The average Bonchev–Trinajstić information content (AvgIpc) is 3.12. The van der Waals surface area contributed by atoms with E-state index in [0.717, 1.165) is 11.1 Å². The number of sulfonamides is 1. The molecule has 0 bridgehead atoms. The maximum Gasteiger partial charge on any atom is 0.246 e. The largest absolute Gasteiger partial charge is 0.360 e. The number of aromatic nitrogens is 3. The van der Waals surface area contributed by atoms with Gasteiger partial charge in [-0.1, -0.05) is 34.1 Å². The Labute approximate surface area is 138 Å². The molecule has 0 radical (unpaired) electrons. The predicted molar refractivity (Wildman–Crippen MR) is 84.5 cm³/mol. The Morgan fingerprint density at radius 2 is 1.92 bits per heavy atom. The van der Waals surface area contributed by atoms with Crippen molar-refractivity contribution in [3.05, 3.63) is 47.2 Å². The van der Waals surface area contributed by atoms with Crippen molar-refractivity contribution in [1.82, 2.24) is 20.0 Å². The van der Waals surface area contributed by atoms with Gasteiger partial charge in [-0.2, -0.15) is 4.98 Å². The second kappa shape index (κ2) is 6.17. The van der Waals surface area contributed by atoms with Crippen LogP contribution in [0.25, 0.3) is 11.4 Å². The zero-order chi connectivity index (χ0) is 17.3. The Morgan fingerprint density at radius 3 is 2.58 bits per heavy atom. The fourth-order valence-electron chi connectivity index (χ4n) is 2.32. The molecule has 2 heterocycles. The Balaban J connectivity index is 1.76. The topological polar surface area (TPSA) is 111 Å². The van der Waals surface area contributed by atoms with Gasteiger partial charge in [0.2, 0.25) is 21.7 Å². The summed E-state index contributed by atoms with van der Waals surface area (Å²) in [6.45, 7) is 4.94. The third-order valence-corrected chi connectivity index (χ3v) is 5.04. The molecule has 0 saturated carbocycles. The highest BCUT2D eigenvalue weighted by molar-refractivity contribution is 7.89. The lowest BCUT2D eigenvalue weighted by Crippen LogP contribution is -2.24. The van der Waals surface area contributed by atoms with E-state index in [1.165, 1.54) is 6.92 Å². The fraction of sp³-hybridized carbons (Fsp3) is 0.267. The van der Waals surface area contributed by atoms with Crippen LogP contribution in [0.4, 0.5) is 0 Å². The van der Waals surface area contributed by atoms with Gasteiger partial charge < -0.3 is 9.05 Å². The second-order valence-corrected chi connectivity index (χ2v) is 7.06. The highest BCUT2D eigenvalue weighted by atomic mass is 32.2. The quantitative estimate of drug-likeness (QED) is 0.751. The van der Waals surface area contributed by atoms with Crippen LogP contribution in [0.15, 0.2) is 38.2 Å². The summed E-state index contributed by atoms with van der Waals surface area (Å²) in [4.78, 5) is 4.24. The molecule has 8 nitrogen and oxygen atoms in total. The van der Waals surface area contributed by atoms with Crippen molar-refractivity contribution >= 4 is 10.0 Å². The molecule has 0 spiro atoms. The molecule has 126 valence electrons. The molecule has 2 aromatic heterocycles. The van der Waals surface area contributed by atoms with Crippen molar-refractivity contribution in [2.75, 3.05) is 0 Å². The summed E-state index contributed by atoms with van der Waals surface area (Å²) in [6.07, 6.45) is 0. The van der Waals surface area contributed by atoms with Gasteiger partial charge >= 0.3 is 0 Å². The summed E-state index contributed by atoms with van der Waals surface area (Å²) in [5, 5.41) is 7.52. The Morgan fingerprint density at radius 1 is 1.12 bits per heavy atom. The van der Waals surface area contributed by atoms with Gasteiger partial charge in [-0.25, -0.2) is 13.1 Å². The maximum absolute atomic E-state index is 12.3. The van der Waals surface area contributed by atoms with E-state index in [-0.39, 0.29) is 23.1 Å². The van der Waals surface area contributed by atoms with E-state index >= 15 is 0 Å². The van der Waals surface area contributed by atoms with Crippen LogP contribution in [0.1, 0.15) is 22.9 Å². The first-order valence-electron chi connectivity index (χ1n) is 7.19. The highest BCUT2D eigenvalue weighted by Gasteiger charge is 2.24. The molecule has 1 N–H and O–H groups in total. The summed E-state index contributed by atoms with van der Waals surface area (Å²) < 4.78 is 37.1. The molecule has 0 unspecified atom stereocenters. The predicted octanol–water partition coefficient (Wildman–Crippen LogP) is 2.13. The zero-order valence-corrected chi connectivity index (χ0v) is 14.2. The Hall–Kier alpha value is -2.52. The summed E-state index contributed by atoms with van der Waals surface area (Å²) in [7, 11) is -3.77. The van der Waals surface area contributed by atoms with E-state index in [0.29, 0.717) is 11.5 Å². The Kier molecular flexibility index (Phi) is 4.20. The highest BCUT2D eigenvalue weighted by Crippen LogP contribution is 2.20. The normalized spacial score (nSPS) is 11.8. The van der Waals surface area contributed by atoms with Crippen LogP contribution in [0, 0.1) is 20.8 Å². The molecule has 1 aromatic carbocycles. The molecule has 0 atom stereocenters. The maximum atomic E-state index is 12.3. The first-order chi connectivity index (χ1) is 11.4. The standard InChI is InChI=1S/C15H16N4O4S/c1-9-5-4-6-12(7-9)15-17-13(23-19-15)8-16-24(20,21)14-10(2)18-22-11(14)3/h4-7,16H,8H2,1-3H3. The molecule has 9 heteroatoms. The lowest BCUT2D eigenvalue weighted by Gasteiger charge is -2.03. The van der Waals surface area contributed by atoms with E-state index in [1.54, 1.807) is 6.92 Å². The van der Waals surface area contributed by atoms with E-state index in [9.17, 15) is 8.42 Å². The van der Waals surface area contributed by atoms with Crippen LogP contribution in [0.2, 0.25) is 0 Å². The van der Waals surface area contributed by atoms with Gasteiger partial charge in [-0.15, -0.1) is 0 Å². The van der Waals surface area contributed by atoms with E-state index in [2.05, 4.69) is 20.0 Å². The first-order valence-corrected chi connectivity index (χ1v) is 8.67. The van der Waals surface area contributed by atoms with Crippen LogP contribution in [0.3, 0.4) is 0 Å². The summed E-state index contributed by atoms with van der Waals surface area (Å²) in [5.74, 6) is 0.804. The van der Waals surface area contributed by atoms with Crippen LogP contribution in [-0.4, -0.2) is 23.7 Å². The van der Waals surface area contributed by atoms with Gasteiger partial charge in [-0.05, 0) is 26.8 Å². The number of benzene rings is 1. The van der Waals surface area contributed by atoms with Gasteiger partial charge in [0, 0.05) is 5.56 Å². The summed E-state index contributed by atoms with van der Waals surface area (Å²) in [6, 6.07) is 7.63. The van der Waals surface area contributed by atoms with Crippen molar-refractivity contribution < 1.29 is 17.5 Å². The second-order valence-electron chi connectivity index (χ2n) is 5.36. The molecule has 0 aliphatic rings. The monoisotopic (exact) mass is 348 g/mol. The first kappa shape index (κ1) is 16.3. The molecule has 3 rings (SSSR count). The molecule has 24 heavy (non-hydrogen) atoms. The van der Waals surface area contributed by atoms with E-state index < -0.39 is 10.0 Å². The van der Waals surface area contributed by atoms with Crippen molar-refractivity contribution in [3.63, 3.8) is 0 Å². The number of aryl methyl sites for hydroxylation is 3. The number of hydrogen-bond acceptors (Lipinski definition) is 7. The molecule has 0 saturated heterocycles. The molecular weight excluding hydrogens is 332 g/mol.